The van der Waals surface area contributed by atoms with Gasteiger partial charge in [0.1, 0.15) is 5.82 Å². The predicted molar refractivity (Wildman–Crippen MR) is 74.0 cm³/mol. The van der Waals surface area contributed by atoms with Crippen LogP contribution >= 0.6 is 0 Å². The van der Waals surface area contributed by atoms with Gasteiger partial charge in [-0.1, -0.05) is 18.2 Å². The first-order valence-corrected chi connectivity index (χ1v) is 6.18. The lowest BCUT2D eigenvalue weighted by molar-refractivity contribution is 0.591. The maximum Gasteiger partial charge on any atom is 0.126 e. The summed E-state index contributed by atoms with van der Waals surface area (Å²) in [6.45, 7) is 5.70. The van der Waals surface area contributed by atoms with Crippen molar-refractivity contribution in [3.05, 3.63) is 64.2 Å². The van der Waals surface area contributed by atoms with Crippen molar-refractivity contribution >= 4 is 0 Å². The topological polar surface area (TPSA) is 50.9 Å². The lowest BCUT2D eigenvalue weighted by Crippen LogP contribution is -2.30. The molecule has 0 saturated carbocycles. The van der Waals surface area contributed by atoms with Gasteiger partial charge in [-0.25, -0.2) is 9.82 Å². The van der Waals surface area contributed by atoms with Crippen LogP contribution < -0.4 is 11.3 Å². The van der Waals surface area contributed by atoms with Crippen LogP contribution in [0.1, 0.15) is 34.0 Å². The Kier molecular flexibility index (Phi) is 3.93. The van der Waals surface area contributed by atoms with E-state index < -0.39 is 0 Å². The van der Waals surface area contributed by atoms with Gasteiger partial charge < -0.3 is 0 Å². The van der Waals surface area contributed by atoms with Gasteiger partial charge in [0.2, 0.25) is 0 Å². The van der Waals surface area contributed by atoms with Crippen molar-refractivity contribution in [1.82, 2.24) is 10.4 Å². The smallest absolute Gasteiger partial charge is 0.126 e. The number of hydrazine groups is 1. The zero-order chi connectivity index (χ0) is 14.0. The van der Waals surface area contributed by atoms with E-state index in [9.17, 15) is 4.39 Å². The quantitative estimate of drug-likeness (QED) is 0.658. The molecule has 0 aliphatic heterocycles. The lowest BCUT2D eigenvalue weighted by atomic mass is 9.98. The Balaban J connectivity index is 2.46. The van der Waals surface area contributed by atoms with Crippen molar-refractivity contribution in [3.63, 3.8) is 0 Å². The van der Waals surface area contributed by atoms with Gasteiger partial charge in [0.05, 0.1) is 11.7 Å². The van der Waals surface area contributed by atoms with E-state index in [2.05, 4.69) is 10.4 Å². The van der Waals surface area contributed by atoms with Crippen LogP contribution in [0.15, 0.2) is 30.5 Å². The molecule has 1 unspecified atom stereocenters. The second-order valence-electron chi connectivity index (χ2n) is 4.82. The molecule has 3 nitrogen and oxygen atoms in total. The van der Waals surface area contributed by atoms with Crippen LogP contribution in [0.2, 0.25) is 0 Å². The molecule has 0 aliphatic carbocycles. The Morgan fingerprint density at radius 1 is 1.16 bits per heavy atom. The molecule has 2 aromatic rings. The molecular formula is C15H18FN3. The van der Waals surface area contributed by atoms with Crippen LogP contribution in [0.3, 0.4) is 0 Å². The van der Waals surface area contributed by atoms with Gasteiger partial charge in [-0.2, -0.15) is 0 Å². The predicted octanol–water partition coefficient (Wildman–Crippen LogP) is 2.70. The molecular weight excluding hydrogens is 241 g/mol. The van der Waals surface area contributed by atoms with Crippen LogP contribution in [-0.2, 0) is 0 Å². The molecule has 1 heterocycles. The third kappa shape index (κ3) is 2.80. The molecule has 0 bridgehead atoms. The maximum atomic E-state index is 13.7. The minimum Gasteiger partial charge on any atom is -0.271 e. The number of hydrogen-bond donors (Lipinski definition) is 2. The van der Waals surface area contributed by atoms with Crippen LogP contribution in [0.25, 0.3) is 0 Å². The molecule has 1 aromatic carbocycles. The highest BCUT2D eigenvalue weighted by molar-refractivity contribution is 5.35. The van der Waals surface area contributed by atoms with E-state index in [-0.39, 0.29) is 11.9 Å². The molecule has 1 atom stereocenters. The van der Waals surface area contributed by atoms with Gasteiger partial charge in [-0.3, -0.25) is 10.8 Å². The summed E-state index contributed by atoms with van der Waals surface area (Å²) < 4.78 is 13.7. The molecule has 4 heteroatoms. The average molecular weight is 259 g/mol. The summed E-state index contributed by atoms with van der Waals surface area (Å²) in [5.41, 5.74) is 7.04. The normalized spacial score (nSPS) is 12.5. The largest absolute Gasteiger partial charge is 0.271 e. The number of nitrogens with two attached hydrogens (primary N) is 1. The van der Waals surface area contributed by atoms with Gasteiger partial charge in [0.15, 0.2) is 0 Å². The number of benzene rings is 1. The Bertz CT molecular complexity index is 596. The Morgan fingerprint density at radius 3 is 2.47 bits per heavy atom. The molecule has 2 rings (SSSR count). The third-order valence-corrected chi connectivity index (χ3v) is 3.22. The van der Waals surface area contributed by atoms with Crippen LogP contribution in [0.4, 0.5) is 4.39 Å². The van der Waals surface area contributed by atoms with Gasteiger partial charge in [0.25, 0.3) is 0 Å². The summed E-state index contributed by atoms with van der Waals surface area (Å²) in [4.78, 5) is 4.41. The van der Waals surface area contributed by atoms with E-state index in [4.69, 9.17) is 5.84 Å². The monoisotopic (exact) mass is 259 g/mol. The number of pyridine rings is 1. The molecule has 0 spiro atoms. The summed E-state index contributed by atoms with van der Waals surface area (Å²) in [6, 6.07) is 6.84. The van der Waals surface area contributed by atoms with E-state index >= 15 is 0 Å². The van der Waals surface area contributed by atoms with Gasteiger partial charge in [-0.05, 0) is 49.1 Å². The minimum absolute atomic E-state index is 0.234. The summed E-state index contributed by atoms with van der Waals surface area (Å²) >= 11 is 0. The lowest BCUT2D eigenvalue weighted by Gasteiger charge is -2.18. The first-order chi connectivity index (χ1) is 9.02. The summed E-state index contributed by atoms with van der Waals surface area (Å²) in [5.74, 6) is 5.39. The highest BCUT2D eigenvalue weighted by Crippen LogP contribution is 2.24. The second-order valence-corrected chi connectivity index (χ2v) is 4.82. The Labute approximate surface area is 112 Å². The minimum atomic E-state index is -0.310. The third-order valence-electron chi connectivity index (χ3n) is 3.22. The molecule has 0 radical (unpaired) electrons. The average Bonchev–Trinajstić information content (AvgIpc) is 2.37. The summed E-state index contributed by atoms with van der Waals surface area (Å²) in [5, 5.41) is 0. The fraction of sp³-hybridized carbons (Fsp3) is 0.267. The van der Waals surface area contributed by atoms with Crippen molar-refractivity contribution in [2.45, 2.75) is 26.8 Å². The first kappa shape index (κ1) is 13.6. The number of rotatable bonds is 3. The van der Waals surface area contributed by atoms with E-state index in [1.165, 1.54) is 6.07 Å². The zero-order valence-electron chi connectivity index (χ0n) is 11.4. The van der Waals surface area contributed by atoms with E-state index in [0.717, 1.165) is 22.4 Å². The van der Waals surface area contributed by atoms with Gasteiger partial charge in [0, 0.05) is 6.20 Å². The first-order valence-electron chi connectivity index (χ1n) is 6.18. The molecule has 100 valence electrons. The number of hydrogen-bond acceptors (Lipinski definition) is 3. The van der Waals surface area contributed by atoms with Gasteiger partial charge >= 0.3 is 0 Å². The molecule has 0 amide bonds. The van der Waals surface area contributed by atoms with E-state index in [0.29, 0.717) is 5.56 Å². The Morgan fingerprint density at radius 2 is 1.89 bits per heavy atom. The van der Waals surface area contributed by atoms with Crippen LogP contribution in [-0.4, -0.2) is 4.98 Å². The fourth-order valence-electron chi connectivity index (χ4n) is 2.15. The van der Waals surface area contributed by atoms with E-state index in [1.54, 1.807) is 19.2 Å². The van der Waals surface area contributed by atoms with Crippen molar-refractivity contribution in [2.75, 3.05) is 0 Å². The molecule has 3 N–H and O–H groups in total. The van der Waals surface area contributed by atoms with Crippen LogP contribution in [0, 0.1) is 26.6 Å². The Hall–Kier alpha value is -1.78. The number of nitrogens with zero attached hydrogens (tertiary/aromatic N) is 1. The van der Waals surface area contributed by atoms with Gasteiger partial charge in [-0.15, -0.1) is 0 Å². The highest BCUT2D eigenvalue weighted by Gasteiger charge is 2.17. The van der Waals surface area contributed by atoms with Crippen molar-refractivity contribution in [2.24, 2.45) is 5.84 Å². The fourth-order valence-corrected chi connectivity index (χ4v) is 2.15. The molecule has 19 heavy (non-hydrogen) atoms. The number of aryl methyl sites for hydroxylation is 3. The number of halogens is 1. The van der Waals surface area contributed by atoms with Crippen molar-refractivity contribution in [3.8, 4) is 0 Å². The second kappa shape index (κ2) is 5.47. The molecule has 0 saturated heterocycles. The van der Waals surface area contributed by atoms with Crippen molar-refractivity contribution < 1.29 is 4.39 Å². The van der Waals surface area contributed by atoms with Crippen LogP contribution in [0.5, 0.6) is 0 Å². The summed E-state index contributed by atoms with van der Waals surface area (Å²) in [7, 11) is 0. The molecule has 0 aliphatic rings. The van der Waals surface area contributed by atoms with Crippen molar-refractivity contribution in [1.29, 1.82) is 0 Å². The maximum absolute atomic E-state index is 13.7. The summed E-state index contributed by atoms with van der Waals surface area (Å²) in [6.07, 6.45) is 1.79. The highest BCUT2D eigenvalue weighted by atomic mass is 19.1. The SMILES string of the molecule is Cc1cnc(C(NN)c2ccc(C)c(F)c2)c(C)c1. The molecule has 1 aromatic heterocycles. The molecule has 0 fully saturated rings. The number of nitrogens with one attached hydrogen (secondary N) is 1. The number of aromatic nitrogens is 1. The zero-order valence-corrected chi connectivity index (χ0v) is 11.4. The van der Waals surface area contributed by atoms with E-state index in [1.807, 2.05) is 26.0 Å². The standard InChI is InChI=1S/C15H18FN3/c1-9-6-11(3)14(18-8-9)15(19-17)12-5-4-10(2)13(16)7-12/h4-8,15,19H,17H2,1-3H3.